The molecule has 0 saturated heterocycles. The molecule has 0 aliphatic heterocycles. The zero-order valence-electron chi connectivity index (χ0n) is 9.61. The van der Waals surface area contributed by atoms with Crippen molar-refractivity contribution in [3.05, 3.63) is 35.4 Å². The highest BCUT2D eigenvalue weighted by molar-refractivity contribution is 6.05. The van der Waals surface area contributed by atoms with Gasteiger partial charge in [0.1, 0.15) is 6.10 Å². The molecule has 0 fully saturated rings. The van der Waals surface area contributed by atoms with Crippen molar-refractivity contribution < 1.29 is 14.3 Å². The van der Waals surface area contributed by atoms with Gasteiger partial charge >= 0.3 is 5.97 Å². The zero-order valence-corrected chi connectivity index (χ0v) is 9.61. The monoisotopic (exact) mass is 218 g/mol. The van der Waals surface area contributed by atoms with Gasteiger partial charge < -0.3 is 4.74 Å². The fraction of sp³-hybridized carbons (Fsp3) is 0.385. The van der Waals surface area contributed by atoms with E-state index in [1.165, 1.54) is 6.92 Å². The van der Waals surface area contributed by atoms with Crippen LogP contribution in [0.4, 0.5) is 0 Å². The SMILES string of the molecule is CC(=O)OC1c2ccccc2C(=O)C1(C)C. The van der Waals surface area contributed by atoms with Crippen molar-refractivity contribution in [1.82, 2.24) is 0 Å². The standard InChI is InChI=1S/C13H14O3/c1-8(14)16-12-10-7-5-4-6-9(10)11(15)13(12,2)3/h4-7,12H,1-3H3. The first-order valence-corrected chi connectivity index (χ1v) is 5.25. The van der Waals surface area contributed by atoms with Gasteiger partial charge in [-0.2, -0.15) is 0 Å². The normalized spacial score (nSPS) is 21.7. The average molecular weight is 218 g/mol. The Bertz CT molecular complexity index is 460. The predicted octanol–water partition coefficient (Wildman–Crippen LogP) is 2.51. The number of hydrogen-bond donors (Lipinski definition) is 0. The summed E-state index contributed by atoms with van der Waals surface area (Å²) in [5, 5.41) is 0. The van der Waals surface area contributed by atoms with Crippen molar-refractivity contribution in [2.75, 3.05) is 0 Å². The molecule has 0 heterocycles. The molecule has 1 atom stereocenters. The summed E-state index contributed by atoms with van der Waals surface area (Å²) < 4.78 is 5.26. The van der Waals surface area contributed by atoms with Gasteiger partial charge in [0.2, 0.25) is 0 Å². The summed E-state index contributed by atoms with van der Waals surface area (Å²) in [6.45, 7) is 4.98. The third-order valence-corrected chi connectivity index (χ3v) is 3.01. The summed E-state index contributed by atoms with van der Waals surface area (Å²) in [4.78, 5) is 23.2. The molecule has 0 amide bonds. The van der Waals surface area contributed by atoms with Gasteiger partial charge in [-0.3, -0.25) is 9.59 Å². The van der Waals surface area contributed by atoms with Crippen LogP contribution in [0, 0.1) is 5.41 Å². The molecular formula is C13H14O3. The van der Waals surface area contributed by atoms with E-state index in [-0.39, 0.29) is 11.8 Å². The van der Waals surface area contributed by atoms with Crippen LogP contribution in [0.1, 0.15) is 42.8 Å². The molecule has 1 aliphatic rings. The molecule has 0 bridgehead atoms. The lowest BCUT2D eigenvalue weighted by molar-refractivity contribution is -0.150. The molecule has 1 aromatic rings. The number of rotatable bonds is 1. The van der Waals surface area contributed by atoms with Crippen LogP contribution in [0.25, 0.3) is 0 Å². The number of ether oxygens (including phenoxy) is 1. The first kappa shape index (κ1) is 10.9. The number of benzene rings is 1. The topological polar surface area (TPSA) is 43.4 Å². The van der Waals surface area contributed by atoms with E-state index in [4.69, 9.17) is 4.74 Å². The number of carbonyl (C=O) groups is 2. The van der Waals surface area contributed by atoms with Crippen molar-refractivity contribution in [3.8, 4) is 0 Å². The highest BCUT2D eigenvalue weighted by atomic mass is 16.5. The van der Waals surface area contributed by atoms with Crippen molar-refractivity contribution in [2.24, 2.45) is 5.41 Å². The Labute approximate surface area is 94.4 Å². The highest BCUT2D eigenvalue weighted by Crippen LogP contribution is 2.47. The lowest BCUT2D eigenvalue weighted by atomic mass is 9.86. The smallest absolute Gasteiger partial charge is 0.303 e. The average Bonchev–Trinajstić information content (AvgIpc) is 2.40. The molecule has 1 aliphatic carbocycles. The molecule has 3 heteroatoms. The summed E-state index contributed by atoms with van der Waals surface area (Å²) in [7, 11) is 0. The first-order valence-electron chi connectivity index (χ1n) is 5.25. The lowest BCUT2D eigenvalue weighted by Gasteiger charge is -2.25. The van der Waals surface area contributed by atoms with Gasteiger partial charge in [-0.15, -0.1) is 0 Å². The van der Waals surface area contributed by atoms with E-state index >= 15 is 0 Å². The minimum Gasteiger partial charge on any atom is -0.457 e. The summed E-state index contributed by atoms with van der Waals surface area (Å²) in [5.41, 5.74) is 0.807. The third-order valence-electron chi connectivity index (χ3n) is 3.01. The Morgan fingerprint density at radius 2 is 1.94 bits per heavy atom. The van der Waals surface area contributed by atoms with Crippen molar-refractivity contribution >= 4 is 11.8 Å². The Morgan fingerprint density at radius 1 is 1.31 bits per heavy atom. The molecule has 0 aromatic heterocycles. The third kappa shape index (κ3) is 1.43. The molecule has 0 saturated carbocycles. The summed E-state index contributed by atoms with van der Waals surface area (Å²) in [5.74, 6) is -0.322. The van der Waals surface area contributed by atoms with Crippen molar-refractivity contribution in [2.45, 2.75) is 26.9 Å². The number of carbonyl (C=O) groups excluding carboxylic acids is 2. The maximum absolute atomic E-state index is 12.1. The van der Waals surface area contributed by atoms with Gasteiger partial charge in [-0.05, 0) is 13.8 Å². The molecule has 0 radical (unpaired) electrons. The van der Waals surface area contributed by atoms with E-state index in [9.17, 15) is 9.59 Å². The van der Waals surface area contributed by atoms with Gasteiger partial charge in [0.05, 0.1) is 5.41 Å². The van der Waals surface area contributed by atoms with Crippen LogP contribution in [0.3, 0.4) is 0 Å². The van der Waals surface area contributed by atoms with Crippen LogP contribution in [0.15, 0.2) is 24.3 Å². The van der Waals surface area contributed by atoms with E-state index in [0.29, 0.717) is 5.56 Å². The minimum absolute atomic E-state index is 0.0364. The van der Waals surface area contributed by atoms with Crippen LogP contribution in [0.2, 0.25) is 0 Å². The maximum Gasteiger partial charge on any atom is 0.303 e. The van der Waals surface area contributed by atoms with Crippen LogP contribution in [-0.2, 0) is 9.53 Å². The molecule has 3 nitrogen and oxygen atoms in total. The summed E-state index contributed by atoms with van der Waals surface area (Å²) in [6.07, 6.45) is -0.464. The van der Waals surface area contributed by atoms with Gasteiger partial charge in [-0.1, -0.05) is 24.3 Å². The molecule has 0 N–H and O–H groups in total. The van der Waals surface area contributed by atoms with Crippen molar-refractivity contribution in [1.29, 1.82) is 0 Å². The number of hydrogen-bond acceptors (Lipinski definition) is 3. The largest absolute Gasteiger partial charge is 0.457 e. The van der Waals surface area contributed by atoms with Gasteiger partial charge in [0.15, 0.2) is 5.78 Å². The molecule has 2 rings (SSSR count). The fourth-order valence-electron chi connectivity index (χ4n) is 2.16. The molecule has 16 heavy (non-hydrogen) atoms. The Hall–Kier alpha value is -1.64. The molecule has 1 unspecified atom stereocenters. The van der Waals surface area contributed by atoms with Crippen molar-refractivity contribution in [3.63, 3.8) is 0 Å². The van der Waals surface area contributed by atoms with Crippen LogP contribution in [0.5, 0.6) is 0 Å². The minimum atomic E-state index is -0.671. The first-order chi connectivity index (χ1) is 7.44. The number of fused-ring (bicyclic) bond motifs is 1. The number of Topliss-reactive ketones (excluding diaryl/α,β-unsaturated/α-hetero) is 1. The Kier molecular flexibility index (Phi) is 2.34. The molecule has 0 spiro atoms. The van der Waals surface area contributed by atoms with E-state index in [2.05, 4.69) is 0 Å². The summed E-state index contributed by atoms with van der Waals surface area (Å²) >= 11 is 0. The number of ketones is 1. The quantitative estimate of drug-likeness (QED) is 0.680. The van der Waals surface area contributed by atoms with E-state index in [1.54, 1.807) is 6.07 Å². The van der Waals surface area contributed by atoms with Crippen LogP contribution < -0.4 is 0 Å². The lowest BCUT2D eigenvalue weighted by Crippen LogP contribution is -2.26. The Balaban J connectivity index is 2.51. The molecular weight excluding hydrogens is 204 g/mol. The van der Waals surface area contributed by atoms with E-state index in [1.807, 2.05) is 32.0 Å². The predicted molar refractivity (Wildman–Crippen MR) is 59.1 cm³/mol. The van der Waals surface area contributed by atoms with Gasteiger partial charge in [-0.25, -0.2) is 0 Å². The van der Waals surface area contributed by atoms with Gasteiger partial charge in [0.25, 0.3) is 0 Å². The van der Waals surface area contributed by atoms with E-state index < -0.39 is 11.5 Å². The zero-order chi connectivity index (χ0) is 11.9. The van der Waals surface area contributed by atoms with E-state index in [0.717, 1.165) is 5.56 Å². The van der Waals surface area contributed by atoms with Crippen LogP contribution in [-0.4, -0.2) is 11.8 Å². The highest BCUT2D eigenvalue weighted by Gasteiger charge is 2.48. The second-order valence-electron chi connectivity index (χ2n) is 4.63. The molecule has 1 aromatic carbocycles. The molecule has 84 valence electrons. The number of esters is 1. The fourth-order valence-corrected chi connectivity index (χ4v) is 2.16. The van der Waals surface area contributed by atoms with Gasteiger partial charge in [0, 0.05) is 18.1 Å². The second-order valence-corrected chi connectivity index (χ2v) is 4.63. The van der Waals surface area contributed by atoms with Crippen LogP contribution >= 0.6 is 0 Å². The summed E-state index contributed by atoms with van der Waals surface area (Å²) in [6, 6.07) is 7.30. The maximum atomic E-state index is 12.1. The Morgan fingerprint density at radius 3 is 2.56 bits per heavy atom. The second kappa shape index (κ2) is 3.44.